The van der Waals surface area contributed by atoms with Gasteiger partial charge in [0.1, 0.15) is 0 Å². The molecular weight excluding hydrogens is 236 g/mol. The average molecular weight is 247 g/mol. The number of esters is 1. The maximum Gasteiger partial charge on any atom is 0.351 e. The maximum absolute atomic E-state index is 11.2. The van der Waals surface area contributed by atoms with Crippen molar-refractivity contribution in [3.63, 3.8) is 0 Å². The molecule has 0 aliphatic rings. The van der Waals surface area contributed by atoms with Gasteiger partial charge in [-0.1, -0.05) is 29.0 Å². The molecule has 0 bridgehead atoms. The first kappa shape index (κ1) is 12.0. The predicted molar refractivity (Wildman–Crippen MR) is 61.8 cm³/mol. The van der Waals surface area contributed by atoms with Crippen molar-refractivity contribution in [3.8, 4) is 0 Å². The molecule has 1 aromatic rings. The molecule has 0 amide bonds. The van der Waals surface area contributed by atoms with Gasteiger partial charge in [-0.05, 0) is 6.42 Å². The molecule has 6 heteroatoms. The van der Waals surface area contributed by atoms with Gasteiger partial charge in [0.25, 0.3) is 0 Å². The largest absolute Gasteiger partial charge is 0.465 e. The first-order chi connectivity index (χ1) is 7.19. The second-order valence-corrected chi connectivity index (χ2v) is 3.99. The van der Waals surface area contributed by atoms with Crippen molar-refractivity contribution >= 4 is 34.0 Å². The Kier molecular flexibility index (Phi) is 4.58. The van der Waals surface area contributed by atoms with Crippen LogP contribution in [-0.2, 0) is 4.74 Å². The third kappa shape index (κ3) is 3.21. The molecule has 1 heterocycles. The van der Waals surface area contributed by atoms with Crippen LogP contribution in [0, 0.1) is 0 Å². The highest BCUT2D eigenvalue weighted by Crippen LogP contribution is 2.27. The minimum absolute atomic E-state index is 0.174. The van der Waals surface area contributed by atoms with Crippen molar-refractivity contribution in [1.29, 1.82) is 0 Å². The highest BCUT2D eigenvalue weighted by atomic mass is 35.5. The third-order valence-corrected chi connectivity index (χ3v) is 2.96. The molecule has 0 aromatic carbocycles. The second kappa shape index (κ2) is 5.72. The van der Waals surface area contributed by atoms with Crippen LogP contribution in [0.15, 0.2) is 12.7 Å². The van der Waals surface area contributed by atoms with Crippen molar-refractivity contribution in [2.75, 3.05) is 19.0 Å². The monoisotopic (exact) mass is 246 g/mol. The lowest BCUT2D eigenvalue weighted by Crippen LogP contribution is -1.98. The van der Waals surface area contributed by atoms with Crippen LogP contribution in [0.25, 0.3) is 0 Å². The van der Waals surface area contributed by atoms with E-state index in [0.717, 1.165) is 6.42 Å². The molecule has 0 aliphatic heterocycles. The van der Waals surface area contributed by atoms with E-state index in [4.69, 9.17) is 11.6 Å². The second-order valence-electron chi connectivity index (χ2n) is 2.63. The van der Waals surface area contributed by atoms with Crippen LogP contribution in [-0.4, -0.2) is 24.6 Å². The summed E-state index contributed by atoms with van der Waals surface area (Å²) in [5.74, 6) is -0.464. The van der Waals surface area contributed by atoms with Crippen molar-refractivity contribution in [3.05, 3.63) is 22.7 Å². The molecule has 0 aliphatic carbocycles. The van der Waals surface area contributed by atoms with Gasteiger partial charge in [0, 0.05) is 6.54 Å². The highest BCUT2D eigenvalue weighted by molar-refractivity contribution is 7.18. The minimum Gasteiger partial charge on any atom is -0.465 e. The van der Waals surface area contributed by atoms with Gasteiger partial charge in [0.05, 0.1) is 7.11 Å². The van der Waals surface area contributed by atoms with E-state index in [2.05, 4.69) is 21.6 Å². The number of nitrogens with one attached hydrogen (secondary N) is 1. The van der Waals surface area contributed by atoms with Gasteiger partial charge in [0.15, 0.2) is 15.2 Å². The number of nitrogens with zero attached hydrogens (tertiary/aromatic N) is 1. The van der Waals surface area contributed by atoms with Gasteiger partial charge < -0.3 is 10.1 Å². The number of anilines is 1. The Balaban J connectivity index is 2.68. The molecule has 0 unspecified atom stereocenters. The standard InChI is InChI=1S/C9H11ClN2O2S/c1-3-4-5-11-9-12-7(10)6(15-9)8(13)14-2/h3H,1,4-5H2,2H3,(H,11,12). The normalized spacial score (nSPS) is 9.73. The summed E-state index contributed by atoms with van der Waals surface area (Å²) in [6.45, 7) is 4.32. The number of rotatable bonds is 5. The number of aromatic nitrogens is 1. The summed E-state index contributed by atoms with van der Waals surface area (Å²) in [5, 5.41) is 3.82. The van der Waals surface area contributed by atoms with E-state index in [1.165, 1.54) is 18.4 Å². The van der Waals surface area contributed by atoms with Crippen LogP contribution in [0.5, 0.6) is 0 Å². The third-order valence-electron chi connectivity index (χ3n) is 1.58. The number of hydrogen-bond acceptors (Lipinski definition) is 5. The summed E-state index contributed by atoms with van der Waals surface area (Å²) < 4.78 is 4.56. The van der Waals surface area contributed by atoms with Crippen molar-refractivity contribution in [2.24, 2.45) is 0 Å². The SMILES string of the molecule is C=CCCNc1nc(Cl)c(C(=O)OC)s1. The van der Waals surface area contributed by atoms with Gasteiger partial charge in [-0.3, -0.25) is 0 Å². The van der Waals surface area contributed by atoms with Crippen molar-refractivity contribution in [1.82, 2.24) is 4.98 Å². The summed E-state index contributed by atoms with van der Waals surface area (Å²) in [5.41, 5.74) is 0. The lowest BCUT2D eigenvalue weighted by Gasteiger charge is -1.97. The molecule has 0 saturated carbocycles. The van der Waals surface area contributed by atoms with Crippen LogP contribution in [0.1, 0.15) is 16.1 Å². The zero-order chi connectivity index (χ0) is 11.3. The Morgan fingerprint density at radius 1 is 1.80 bits per heavy atom. The van der Waals surface area contributed by atoms with E-state index in [-0.39, 0.29) is 5.15 Å². The van der Waals surface area contributed by atoms with Gasteiger partial charge in [-0.2, -0.15) is 0 Å². The molecule has 4 nitrogen and oxygen atoms in total. The smallest absolute Gasteiger partial charge is 0.351 e. The van der Waals surface area contributed by atoms with Crippen LogP contribution in [0.4, 0.5) is 5.13 Å². The summed E-state index contributed by atoms with van der Waals surface area (Å²) >= 11 is 6.95. The fourth-order valence-electron chi connectivity index (χ4n) is 0.877. The number of carbonyl (C=O) groups excluding carboxylic acids is 1. The summed E-state index contributed by atoms with van der Waals surface area (Å²) in [6, 6.07) is 0. The zero-order valence-electron chi connectivity index (χ0n) is 8.25. The fraction of sp³-hybridized carbons (Fsp3) is 0.333. The van der Waals surface area contributed by atoms with Crippen LogP contribution >= 0.6 is 22.9 Å². The molecule has 0 spiro atoms. The maximum atomic E-state index is 11.2. The van der Waals surface area contributed by atoms with Crippen molar-refractivity contribution < 1.29 is 9.53 Å². The number of halogens is 1. The Morgan fingerprint density at radius 2 is 2.53 bits per heavy atom. The van der Waals surface area contributed by atoms with Crippen molar-refractivity contribution in [2.45, 2.75) is 6.42 Å². The molecule has 0 saturated heterocycles. The number of ether oxygens (including phenoxy) is 1. The Labute approximate surface area is 96.9 Å². The topological polar surface area (TPSA) is 51.2 Å². The first-order valence-electron chi connectivity index (χ1n) is 4.28. The van der Waals surface area contributed by atoms with E-state index in [0.29, 0.717) is 16.6 Å². The van der Waals surface area contributed by atoms with E-state index in [1.807, 2.05) is 0 Å². The molecule has 1 aromatic heterocycles. The minimum atomic E-state index is -0.464. The van der Waals surface area contributed by atoms with E-state index in [1.54, 1.807) is 6.08 Å². The quantitative estimate of drug-likeness (QED) is 0.493. The van der Waals surface area contributed by atoms with Crippen LogP contribution in [0.3, 0.4) is 0 Å². The summed E-state index contributed by atoms with van der Waals surface area (Å²) in [7, 11) is 1.31. The molecule has 1 rings (SSSR count). The first-order valence-corrected chi connectivity index (χ1v) is 5.48. The summed E-state index contributed by atoms with van der Waals surface area (Å²) in [6.07, 6.45) is 2.62. The van der Waals surface area contributed by atoms with Gasteiger partial charge >= 0.3 is 5.97 Å². The number of hydrogen-bond donors (Lipinski definition) is 1. The Morgan fingerprint density at radius 3 is 3.13 bits per heavy atom. The number of carbonyl (C=O) groups is 1. The molecular formula is C9H11ClN2O2S. The Bertz CT molecular complexity index is 365. The molecule has 15 heavy (non-hydrogen) atoms. The molecule has 82 valence electrons. The fourth-order valence-corrected chi connectivity index (χ4v) is 2.01. The predicted octanol–water partition coefficient (Wildman–Crippen LogP) is 2.57. The molecule has 0 radical (unpaired) electrons. The average Bonchev–Trinajstić information content (AvgIpc) is 2.59. The lowest BCUT2D eigenvalue weighted by atomic mass is 10.4. The number of methoxy groups -OCH3 is 1. The molecule has 0 atom stereocenters. The van der Waals surface area contributed by atoms with Crippen LogP contribution in [0.2, 0.25) is 5.15 Å². The van der Waals surface area contributed by atoms with E-state index >= 15 is 0 Å². The van der Waals surface area contributed by atoms with Gasteiger partial charge in [-0.25, -0.2) is 9.78 Å². The lowest BCUT2D eigenvalue weighted by molar-refractivity contribution is 0.0606. The van der Waals surface area contributed by atoms with Crippen LogP contribution < -0.4 is 5.32 Å². The molecule has 0 fully saturated rings. The van der Waals surface area contributed by atoms with Gasteiger partial charge in [-0.15, -0.1) is 6.58 Å². The Hall–Kier alpha value is -1.07. The van der Waals surface area contributed by atoms with E-state index < -0.39 is 5.97 Å². The summed E-state index contributed by atoms with van der Waals surface area (Å²) in [4.78, 5) is 15.5. The highest BCUT2D eigenvalue weighted by Gasteiger charge is 2.16. The number of thiazole rings is 1. The van der Waals surface area contributed by atoms with Gasteiger partial charge in [0.2, 0.25) is 0 Å². The van der Waals surface area contributed by atoms with E-state index in [9.17, 15) is 4.79 Å². The molecule has 1 N–H and O–H groups in total. The zero-order valence-corrected chi connectivity index (χ0v) is 9.82.